The smallest absolute Gasteiger partial charge is 0.0279 e. The second kappa shape index (κ2) is 7.53. The zero-order chi connectivity index (χ0) is 12.6. The molecule has 0 aromatic heterocycles. The minimum atomic E-state index is 0.518. The Bertz CT molecular complexity index is 279. The van der Waals surface area contributed by atoms with Crippen LogP contribution in [-0.4, -0.2) is 0 Å². The van der Waals surface area contributed by atoms with Crippen LogP contribution < -0.4 is 0 Å². The fourth-order valence-electron chi connectivity index (χ4n) is 2.16. The van der Waals surface area contributed by atoms with Gasteiger partial charge in [-0.25, -0.2) is 0 Å². The molecule has 0 aliphatic heterocycles. The summed E-state index contributed by atoms with van der Waals surface area (Å²) in [7, 11) is 0. The van der Waals surface area contributed by atoms with E-state index >= 15 is 0 Å². The van der Waals surface area contributed by atoms with Gasteiger partial charge in [0, 0.05) is 0 Å². The van der Waals surface area contributed by atoms with E-state index in [1.54, 1.807) is 0 Å². The monoisotopic (exact) mass is 232 g/mol. The molecule has 1 aromatic rings. The first-order valence-electron chi connectivity index (χ1n) is 7.12. The molecule has 0 nitrogen and oxygen atoms in total. The molecule has 96 valence electrons. The van der Waals surface area contributed by atoms with Crippen LogP contribution in [-0.2, 0) is 6.42 Å². The van der Waals surface area contributed by atoms with Gasteiger partial charge < -0.3 is 0 Å². The van der Waals surface area contributed by atoms with E-state index in [1.165, 1.54) is 50.5 Å². The molecule has 1 rings (SSSR count). The van der Waals surface area contributed by atoms with Crippen LogP contribution in [0.25, 0.3) is 0 Å². The van der Waals surface area contributed by atoms with E-state index in [0.29, 0.717) is 5.41 Å². The first kappa shape index (κ1) is 14.3. The maximum Gasteiger partial charge on any atom is -0.0279 e. The summed E-state index contributed by atoms with van der Waals surface area (Å²) >= 11 is 0. The lowest BCUT2D eigenvalue weighted by atomic mass is 9.89. The van der Waals surface area contributed by atoms with Crippen molar-refractivity contribution >= 4 is 0 Å². The molecule has 17 heavy (non-hydrogen) atoms. The van der Waals surface area contributed by atoms with Crippen molar-refractivity contribution in [1.82, 2.24) is 0 Å². The van der Waals surface area contributed by atoms with Gasteiger partial charge in [-0.15, -0.1) is 0 Å². The van der Waals surface area contributed by atoms with Crippen molar-refractivity contribution in [2.75, 3.05) is 0 Å². The Hall–Kier alpha value is -0.780. The van der Waals surface area contributed by atoms with E-state index in [1.807, 2.05) is 0 Å². The minimum Gasteiger partial charge on any atom is -0.0622 e. The van der Waals surface area contributed by atoms with Gasteiger partial charge in [-0.3, -0.25) is 0 Å². The van der Waals surface area contributed by atoms with Gasteiger partial charge in [0.15, 0.2) is 0 Å². The van der Waals surface area contributed by atoms with Gasteiger partial charge in [-0.1, -0.05) is 76.8 Å². The third-order valence-electron chi connectivity index (χ3n) is 3.24. The highest BCUT2D eigenvalue weighted by Gasteiger charge is 2.08. The Balaban J connectivity index is 1.95. The number of hydrogen-bond acceptors (Lipinski definition) is 0. The molecule has 0 heteroatoms. The molecule has 0 spiro atoms. The number of aryl methyl sites for hydroxylation is 1. The highest BCUT2D eigenvalue weighted by molar-refractivity contribution is 5.14. The van der Waals surface area contributed by atoms with E-state index in [9.17, 15) is 0 Å². The lowest BCUT2D eigenvalue weighted by Gasteiger charge is -2.17. The molecule has 0 unspecified atom stereocenters. The number of unbranched alkanes of at least 4 members (excludes halogenated alkanes) is 4. The summed E-state index contributed by atoms with van der Waals surface area (Å²) in [5.41, 5.74) is 2.01. The highest BCUT2D eigenvalue weighted by Crippen LogP contribution is 2.22. The first-order chi connectivity index (χ1) is 8.08. The van der Waals surface area contributed by atoms with Crippen LogP contribution >= 0.6 is 0 Å². The Morgan fingerprint density at radius 2 is 1.35 bits per heavy atom. The van der Waals surface area contributed by atoms with E-state index < -0.39 is 0 Å². The van der Waals surface area contributed by atoms with Crippen LogP contribution in [0.5, 0.6) is 0 Å². The molecule has 0 saturated heterocycles. The molecular weight excluding hydrogens is 204 g/mol. The second-order valence-electron chi connectivity index (χ2n) is 6.31. The molecule has 0 atom stereocenters. The van der Waals surface area contributed by atoms with Crippen molar-refractivity contribution in [3.05, 3.63) is 35.9 Å². The fraction of sp³-hybridized carbons (Fsp3) is 0.647. The third-order valence-corrected chi connectivity index (χ3v) is 3.24. The number of rotatable bonds is 7. The van der Waals surface area contributed by atoms with Crippen molar-refractivity contribution in [2.45, 2.75) is 65.7 Å². The van der Waals surface area contributed by atoms with E-state index in [2.05, 4.69) is 51.1 Å². The van der Waals surface area contributed by atoms with E-state index in [0.717, 1.165) is 0 Å². The van der Waals surface area contributed by atoms with Gasteiger partial charge in [-0.05, 0) is 30.2 Å². The van der Waals surface area contributed by atoms with E-state index in [-0.39, 0.29) is 0 Å². The summed E-state index contributed by atoms with van der Waals surface area (Å²) < 4.78 is 0. The van der Waals surface area contributed by atoms with Crippen LogP contribution in [0.2, 0.25) is 0 Å². The molecule has 0 bridgehead atoms. The molecule has 1 aromatic carbocycles. The average Bonchev–Trinajstić information content (AvgIpc) is 2.28. The Morgan fingerprint density at radius 3 is 2.00 bits per heavy atom. The van der Waals surface area contributed by atoms with Crippen molar-refractivity contribution < 1.29 is 0 Å². The van der Waals surface area contributed by atoms with Gasteiger partial charge >= 0.3 is 0 Å². The van der Waals surface area contributed by atoms with Crippen molar-refractivity contribution in [3.8, 4) is 0 Å². The van der Waals surface area contributed by atoms with Gasteiger partial charge in [0.05, 0.1) is 0 Å². The first-order valence-corrected chi connectivity index (χ1v) is 7.12. The van der Waals surface area contributed by atoms with E-state index in [4.69, 9.17) is 0 Å². The molecule has 0 heterocycles. The number of hydrogen-bond donors (Lipinski definition) is 0. The topological polar surface area (TPSA) is 0 Å². The zero-order valence-corrected chi connectivity index (χ0v) is 11.8. The zero-order valence-electron chi connectivity index (χ0n) is 11.8. The molecule has 0 fully saturated rings. The molecule has 0 aliphatic rings. The summed E-state index contributed by atoms with van der Waals surface area (Å²) in [6.45, 7) is 7.01. The molecule has 0 N–H and O–H groups in total. The average molecular weight is 232 g/mol. The predicted octanol–water partition coefficient (Wildman–Crippen LogP) is 5.62. The SMILES string of the molecule is CC(C)(C)CCCCCCCc1ccccc1. The highest BCUT2D eigenvalue weighted by atomic mass is 14.1. The van der Waals surface area contributed by atoms with Crippen LogP contribution in [0.1, 0.15) is 64.9 Å². The summed E-state index contributed by atoms with van der Waals surface area (Å²) in [4.78, 5) is 0. The summed E-state index contributed by atoms with van der Waals surface area (Å²) in [5, 5.41) is 0. The Morgan fingerprint density at radius 1 is 0.765 bits per heavy atom. The van der Waals surface area contributed by atoms with Crippen LogP contribution in [0.15, 0.2) is 30.3 Å². The molecule has 0 radical (unpaired) electrons. The van der Waals surface area contributed by atoms with Gasteiger partial charge in [0.25, 0.3) is 0 Å². The van der Waals surface area contributed by atoms with Gasteiger partial charge in [-0.2, -0.15) is 0 Å². The molecular formula is C17H28. The molecule has 0 amide bonds. The summed E-state index contributed by atoms with van der Waals surface area (Å²) in [6.07, 6.45) is 9.56. The quantitative estimate of drug-likeness (QED) is 0.535. The molecule has 0 aliphatic carbocycles. The third kappa shape index (κ3) is 8.01. The van der Waals surface area contributed by atoms with Crippen molar-refractivity contribution in [3.63, 3.8) is 0 Å². The maximum atomic E-state index is 2.34. The lowest BCUT2D eigenvalue weighted by molar-refractivity contribution is 0.356. The van der Waals surface area contributed by atoms with Crippen LogP contribution in [0, 0.1) is 5.41 Å². The largest absolute Gasteiger partial charge is 0.0622 e. The number of benzene rings is 1. The van der Waals surface area contributed by atoms with Crippen molar-refractivity contribution in [2.24, 2.45) is 5.41 Å². The van der Waals surface area contributed by atoms with Gasteiger partial charge in [0.1, 0.15) is 0 Å². The Labute approximate surface area is 107 Å². The van der Waals surface area contributed by atoms with Gasteiger partial charge in [0.2, 0.25) is 0 Å². The normalized spacial score (nSPS) is 11.7. The maximum absolute atomic E-state index is 2.34. The standard InChI is InChI=1S/C17H28/c1-17(2,3)15-11-6-4-5-8-12-16-13-9-7-10-14-16/h7,9-10,13-14H,4-6,8,11-12,15H2,1-3H3. The second-order valence-corrected chi connectivity index (χ2v) is 6.31. The van der Waals surface area contributed by atoms with Crippen LogP contribution in [0.4, 0.5) is 0 Å². The molecule has 0 saturated carbocycles. The fourth-order valence-corrected chi connectivity index (χ4v) is 2.16. The Kier molecular flexibility index (Phi) is 6.32. The predicted molar refractivity (Wildman–Crippen MR) is 77.3 cm³/mol. The summed E-state index contributed by atoms with van der Waals surface area (Å²) in [6, 6.07) is 10.8. The lowest BCUT2D eigenvalue weighted by Crippen LogP contribution is -2.03. The summed E-state index contributed by atoms with van der Waals surface area (Å²) in [5.74, 6) is 0. The van der Waals surface area contributed by atoms with Crippen LogP contribution in [0.3, 0.4) is 0 Å². The van der Waals surface area contributed by atoms with Crippen molar-refractivity contribution in [1.29, 1.82) is 0 Å². The minimum absolute atomic E-state index is 0.518.